The van der Waals surface area contributed by atoms with Crippen LogP contribution in [0.2, 0.25) is 0 Å². The van der Waals surface area contributed by atoms with E-state index in [1.54, 1.807) is 7.11 Å². The first kappa shape index (κ1) is 16.3. The summed E-state index contributed by atoms with van der Waals surface area (Å²) in [6.45, 7) is 6.61. The van der Waals surface area contributed by atoms with Gasteiger partial charge in [0.15, 0.2) is 6.10 Å². The first-order chi connectivity index (χ1) is 12.9. The van der Waals surface area contributed by atoms with Crippen LogP contribution in [0.1, 0.15) is 36.1 Å². The zero-order valence-corrected chi connectivity index (χ0v) is 16.0. The summed E-state index contributed by atoms with van der Waals surface area (Å²) in [6, 6.07) is 8.16. The van der Waals surface area contributed by atoms with Crippen LogP contribution in [0.25, 0.3) is 17.7 Å². The summed E-state index contributed by atoms with van der Waals surface area (Å²) < 4.78 is 24.0. The minimum atomic E-state index is -0.307. The van der Waals surface area contributed by atoms with Crippen molar-refractivity contribution >= 4 is 17.7 Å². The van der Waals surface area contributed by atoms with Gasteiger partial charge in [0.25, 0.3) is 0 Å². The third-order valence-corrected chi connectivity index (χ3v) is 5.33. The van der Waals surface area contributed by atoms with E-state index in [0.717, 1.165) is 50.8 Å². The lowest BCUT2D eigenvalue weighted by molar-refractivity contribution is 0.148. The standard InChI is InChI=1S/C23H22O4/c1-13-9-20-17(11-19(13)24-4)16-10-14-5-6-18-15(7-8-23(2,3)27-18)22(14)26-21(16)12-25-20/h5-11,21H,12H2,1-4H3/t21-/m1/s1. The van der Waals surface area contributed by atoms with Gasteiger partial charge in [-0.05, 0) is 68.8 Å². The monoisotopic (exact) mass is 362 g/mol. The van der Waals surface area contributed by atoms with E-state index in [-0.39, 0.29) is 11.7 Å². The Morgan fingerprint density at radius 2 is 2.00 bits per heavy atom. The minimum absolute atomic E-state index is 0.146. The summed E-state index contributed by atoms with van der Waals surface area (Å²) in [4.78, 5) is 0. The van der Waals surface area contributed by atoms with Crippen LogP contribution in [-0.4, -0.2) is 25.4 Å². The number of hydrogen-bond acceptors (Lipinski definition) is 4. The van der Waals surface area contributed by atoms with Gasteiger partial charge in [0.1, 0.15) is 35.2 Å². The molecule has 0 aromatic heterocycles. The Morgan fingerprint density at radius 3 is 2.81 bits per heavy atom. The summed E-state index contributed by atoms with van der Waals surface area (Å²) in [5.41, 5.74) is 4.97. The Kier molecular flexibility index (Phi) is 3.36. The zero-order chi connectivity index (χ0) is 18.8. The summed E-state index contributed by atoms with van der Waals surface area (Å²) in [5, 5.41) is 0. The predicted octanol–water partition coefficient (Wildman–Crippen LogP) is 4.88. The van der Waals surface area contributed by atoms with E-state index in [4.69, 9.17) is 18.9 Å². The Hall–Kier alpha value is -2.88. The van der Waals surface area contributed by atoms with Crippen molar-refractivity contribution in [3.8, 4) is 23.0 Å². The number of fused-ring (bicyclic) bond motifs is 6. The molecule has 0 unspecified atom stereocenters. The first-order valence-electron chi connectivity index (χ1n) is 9.20. The molecule has 27 heavy (non-hydrogen) atoms. The molecule has 4 nitrogen and oxygen atoms in total. The first-order valence-corrected chi connectivity index (χ1v) is 9.20. The molecule has 0 amide bonds. The van der Waals surface area contributed by atoms with E-state index in [1.165, 1.54) is 0 Å². The molecule has 0 fully saturated rings. The third kappa shape index (κ3) is 2.51. The summed E-state index contributed by atoms with van der Waals surface area (Å²) >= 11 is 0. The van der Waals surface area contributed by atoms with Gasteiger partial charge in [-0.2, -0.15) is 0 Å². The van der Waals surface area contributed by atoms with Gasteiger partial charge in [-0.1, -0.05) is 0 Å². The fraction of sp³-hybridized carbons (Fsp3) is 0.304. The molecule has 2 aromatic rings. The van der Waals surface area contributed by atoms with Crippen LogP contribution in [0.4, 0.5) is 0 Å². The van der Waals surface area contributed by atoms with Gasteiger partial charge in [0.2, 0.25) is 0 Å². The Labute approximate surface area is 159 Å². The van der Waals surface area contributed by atoms with Crippen molar-refractivity contribution < 1.29 is 18.9 Å². The lowest BCUT2D eigenvalue weighted by Gasteiger charge is -2.35. The highest BCUT2D eigenvalue weighted by molar-refractivity contribution is 5.92. The highest BCUT2D eigenvalue weighted by atomic mass is 16.5. The molecule has 5 rings (SSSR count). The van der Waals surface area contributed by atoms with Crippen LogP contribution < -0.4 is 18.9 Å². The van der Waals surface area contributed by atoms with Gasteiger partial charge >= 0.3 is 0 Å². The molecule has 2 aromatic carbocycles. The summed E-state index contributed by atoms with van der Waals surface area (Å²) in [7, 11) is 1.69. The van der Waals surface area contributed by atoms with Crippen LogP contribution in [0.15, 0.2) is 30.3 Å². The average molecular weight is 362 g/mol. The maximum absolute atomic E-state index is 6.40. The topological polar surface area (TPSA) is 36.9 Å². The molecule has 0 N–H and O–H groups in total. The summed E-state index contributed by atoms with van der Waals surface area (Å²) in [5.74, 6) is 3.45. The number of benzene rings is 2. The maximum Gasteiger partial charge on any atom is 0.158 e. The zero-order valence-electron chi connectivity index (χ0n) is 16.0. The largest absolute Gasteiger partial charge is 0.496 e. The predicted molar refractivity (Wildman–Crippen MR) is 106 cm³/mol. The minimum Gasteiger partial charge on any atom is -0.496 e. The second-order valence-electron chi connectivity index (χ2n) is 7.77. The second-order valence-corrected chi connectivity index (χ2v) is 7.77. The fourth-order valence-corrected chi connectivity index (χ4v) is 3.92. The SMILES string of the molecule is COc1cc2c(cc1C)OC[C@H]1Oc3c(ccc4c3C=CC(C)(C)O4)C=C21. The molecule has 0 aliphatic carbocycles. The van der Waals surface area contributed by atoms with Crippen LogP contribution in [0.3, 0.4) is 0 Å². The Morgan fingerprint density at radius 1 is 1.15 bits per heavy atom. The van der Waals surface area contributed by atoms with Crippen LogP contribution in [0.5, 0.6) is 23.0 Å². The van der Waals surface area contributed by atoms with E-state index in [1.807, 2.05) is 39.0 Å². The molecule has 0 radical (unpaired) electrons. The van der Waals surface area contributed by atoms with Crippen molar-refractivity contribution in [2.45, 2.75) is 32.5 Å². The van der Waals surface area contributed by atoms with Crippen molar-refractivity contribution in [1.82, 2.24) is 0 Å². The second kappa shape index (κ2) is 5.56. The highest BCUT2D eigenvalue weighted by Crippen LogP contribution is 2.47. The molecule has 3 aliphatic rings. The molecule has 0 saturated heterocycles. The van der Waals surface area contributed by atoms with Crippen LogP contribution >= 0.6 is 0 Å². The Balaban J connectivity index is 1.64. The highest BCUT2D eigenvalue weighted by Gasteiger charge is 2.34. The van der Waals surface area contributed by atoms with Crippen LogP contribution in [0, 0.1) is 6.92 Å². The van der Waals surface area contributed by atoms with Gasteiger partial charge in [-0.25, -0.2) is 0 Å². The Bertz CT molecular complexity index is 1010. The number of hydrogen-bond donors (Lipinski definition) is 0. The molecule has 0 spiro atoms. The van der Waals surface area contributed by atoms with Gasteiger partial charge in [-0.15, -0.1) is 0 Å². The van der Waals surface area contributed by atoms with Crippen LogP contribution in [-0.2, 0) is 0 Å². The molecule has 3 heterocycles. The molecule has 138 valence electrons. The molecule has 1 atom stereocenters. The summed E-state index contributed by atoms with van der Waals surface area (Å²) in [6.07, 6.45) is 6.22. The molecule has 0 saturated carbocycles. The molecular formula is C23H22O4. The molecule has 4 heteroatoms. The van der Waals surface area contributed by atoms with Crippen molar-refractivity contribution in [3.63, 3.8) is 0 Å². The smallest absolute Gasteiger partial charge is 0.158 e. The number of aryl methyl sites for hydroxylation is 1. The quantitative estimate of drug-likeness (QED) is 0.724. The molecule has 0 bridgehead atoms. The van der Waals surface area contributed by atoms with Crippen molar-refractivity contribution in [2.75, 3.05) is 13.7 Å². The number of methoxy groups -OCH3 is 1. The van der Waals surface area contributed by atoms with Gasteiger partial charge in [0.05, 0.1) is 12.7 Å². The van der Waals surface area contributed by atoms with Gasteiger partial charge < -0.3 is 18.9 Å². The maximum atomic E-state index is 6.40. The number of ether oxygens (including phenoxy) is 4. The van der Waals surface area contributed by atoms with E-state index < -0.39 is 0 Å². The van der Waals surface area contributed by atoms with Crippen molar-refractivity contribution in [2.24, 2.45) is 0 Å². The van der Waals surface area contributed by atoms with Gasteiger partial charge in [0, 0.05) is 16.7 Å². The third-order valence-electron chi connectivity index (χ3n) is 5.33. The number of rotatable bonds is 1. The lowest BCUT2D eigenvalue weighted by atomic mass is 9.90. The normalized spacial score (nSPS) is 20.6. The lowest BCUT2D eigenvalue weighted by Crippen LogP contribution is -2.33. The van der Waals surface area contributed by atoms with E-state index in [9.17, 15) is 0 Å². The van der Waals surface area contributed by atoms with Crippen molar-refractivity contribution in [3.05, 3.63) is 52.6 Å². The van der Waals surface area contributed by atoms with E-state index in [0.29, 0.717) is 6.61 Å². The average Bonchev–Trinajstić information content (AvgIpc) is 2.64. The fourth-order valence-electron chi connectivity index (χ4n) is 3.92. The molecular weight excluding hydrogens is 340 g/mol. The van der Waals surface area contributed by atoms with E-state index in [2.05, 4.69) is 24.3 Å². The molecule has 3 aliphatic heterocycles. The van der Waals surface area contributed by atoms with Gasteiger partial charge in [-0.3, -0.25) is 0 Å². The van der Waals surface area contributed by atoms with E-state index >= 15 is 0 Å². The van der Waals surface area contributed by atoms with Crippen molar-refractivity contribution in [1.29, 1.82) is 0 Å².